The van der Waals surface area contributed by atoms with Gasteiger partial charge in [0.25, 0.3) is 0 Å². The summed E-state index contributed by atoms with van der Waals surface area (Å²) in [5.74, 6) is 0.910. The molecule has 2 heteroatoms. The molecule has 0 saturated heterocycles. The minimum absolute atomic E-state index is 0.894. The molecule has 0 bridgehead atoms. The maximum absolute atomic E-state index is 5.14. The second-order valence-corrected chi connectivity index (χ2v) is 4.62. The zero-order valence-electron chi connectivity index (χ0n) is 11.9. The average molecular weight is 267 g/mol. The molecule has 2 aromatic rings. The number of methoxy groups -OCH3 is 1. The topological polar surface area (TPSA) is 21.3 Å². The van der Waals surface area contributed by atoms with Gasteiger partial charge >= 0.3 is 0 Å². The summed E-state index contributed by atoms with van der Waals surface area (Å²) >= 11 is 0. The normalized spacial score (nSPS) is 10.8. The van der Waals surface area contributed by atoms with E-state index in [0.29, 0.717) is 0 Å². The van der Waals surface area contributed by atoms with E-state index in [2.05, 4.69) is 53.9 Å². The molecule has 0 radical (unpaired) electrons. The van der Waals surface area contributed by atoms with Crippen molar-refractivity contribution in [1.29, 1.82) is 0 Å². The third kappa shape index (κ3) is 4.90. The van der Waals surface area contributed by atoms with Crippen molar-refractivity contribution in [2.24, 2.45) is 0 Å². The summed E-state index contributed by atoms with van der Waals surface area (Å²) in [6.07, 6.45) is 5.33. The quantitative estimate of drug-likeness (QED) is 0.775. The minimum atomic E-state index is 0.894. The Morgan fingerprint density at radius 3 is 2.45 bits per heavy atom. The molecule has 20 heavy (non-hydrogen) atoms. The lowest BCUT2D eigenvalue weighted by atomic mass is 10.1. The van der Waals surface area contributed by atoms with E-state index in [9.17, 15) is 0 Å². The maximum Gasteiger partial charge on any atom is 0.118 e. The van der Waals surface area contributed by atoms with Crippen LogP contribution >= 0.6 is 0 Å². The molecule has 2 nitrogen and oxygen atoms in total. The van der Waals surface area contributed by atoms with E-state index in [1.165, 1.54) is 11.1 Å². The van der Waals surface area contributed by atoms with Crippen LogP contribution in [0.4, 0.5) is 0 Å². The second kappa shape index (κ2) is 8.18. The van der Waals surface area contributed by atoms with Crippen molar-refractivity contribution in [3.8, 4) is 5.75 Å². The van der Waals surface area contributed by atoms with Crippen LogP contribution in [0.5, 0.6) is 5.75 Å². The van der Waals surface area contributed by atoms with Gasteiger partial charge in [0.1, 0.15) is 5.75 Å². The first-order chi connectivity index (χ1) is 9.88. The van der Waals surface area contributed by atoms with E-state index in [1.807, 2.05) is 18.2 Å². The van der Waals surface area contributed by atoms with Crippen LogP contribution in [-0.2, 0) is 6.42 Å². The van der Waals surface area contributed by atoms with E-state index in [0.717, 1.165) is 25.3 Å². The smallest absolute Gasteiger partial charge is 0.118 e. The molecule has 0 atom stereocenters. The Kier molecular flexibility index (Phi) is 5.87. The number of nitrogens with one attached hydrogen (secondary N) is 1. The molecule has 0 amide bonds. The van der Waals surface area contributed by atoms with Gasteiger partial charge in [-0.05, 0) is 36.2 Å². The fraction of sp³-hybridized carbons (Fsp3) is 0.222. The van der Waals surface area contributed by atoms with Crippen molar-refractivity contribution in [3.63, 3.8) is 0 Å². The Balaban J connectivity index is 1.65. The highest BCUT2D eigenvalue weighted by molar-refractivity contribution is 5.48. The molecule has 0 aromatic heterocycles. The van der Waals surface area contributed by atoms with Gasteiger partial charge in [-0.3, -0.25) is 0 Å². The van der Waals surface area contributed by atoms with Crippen LogP contribution in [0.1, 0.15) is 11.1 Å². The zero-order chi connectivity index (χ0) is 14.0. The molecule has 0 saturated carbocycles. The summed E-state index contributed by atoms with van der Waals surface area (Å²) in [6, 6.07) is 18.6. The lowest BCUT2D eigenvalue weighted by Gasteiger charge is -2.04. The fourth-order valence-electron chi connectivity index (χ4n) is 1.97. The fourth-order valence-corrected chi connectivity index (χ4v) is 1.97. The Bertz CT molecular complexity index is 517. The molecule has 0 aliphatic carbocycles. The number of rotatable bonds is 7. The van der Waals surface area contributed by atoms with Crippen LogP contribution in [0.3, 0.4) is 0 Å². The van der Waals surface area contributed by atoms with Gasteiger partial charge in [0.05, 0.1) is 7.11 Å². The third-order valence-electron chi connectivity index (χ3n) is 3.12. The third-order valence-corrected chi connectivity index (χ3v) is 3.12. The Morgan fingerprint density at radius 2 is 1.75 bits per heavy atom. The summed E-state index contributed by atoms with van der Waals surface area (Å²) in [7, 11) is 1.69. The molecule has 104 valence electrons. The van der Waals surface area contributed by atoms with Gasteiger partial charge in [-0.1, -0.05) is 54.6 Å². The van der Waals surface area contributed by atoms with E-state index < -0.39 is 0 Å². The van der Waals surface area contributed by atoms with Crippen LogP contribution in [0.25, 0.3) is 6.08 Å². The van der Waals surface area contributed by atoms with E-state index >= 15 is 0 Å². The molecule has 0 spiro atoms. The molecule has 0 heterocycles. The average Bonchev–Trinajstić information content (AvgIpc) is 2.52. The summed E-state index contributed by atoms with van der Waals surface area (Å²) in [4.78, 5) is 0. The first-order valence-electron chi connectivity index (χ1n) is 6.94. The zero-order valence-corrected chi connectivity index (χ0v) is 11.9. The van der Waals surface area contributed by atoms with Crippen molar-refractivity contribution in [1.82, 2.24) is 5.32 Å². The van der Waals surface area contributed by atoms with Gasteiger partial charge < -0.3 is 10.1 Å². The van der Waals surface area contributed by atoms with Gasteiger partial charge in [0.15, 0.2) is 0 Å². The largest absolute Gasteiger partial charge is 0.497 e. The van der Waals surface area contributed by atoms with Crippen molar-refractivity contribution in [3.05, 3.63) is 71.8 Å². The molecule has 1 N–H and O–H groups in total. The Labute approximate surface area is 121 Å². The van der Waals surface area contributed by atoms with Crippen LogP contribution in [-0.4, -0.2) is 20.2 Å². The Hall–Kier alpha value is -2.06. The summed E-state index contributed by atoms with van der Waals surface area (Å²) in [6.45, 7) is 1.87. The summed E-state index contributed by atoms with van der Waals surface area (Å²) < 4.78 is 5.14. The molecule has 2 aromatic carbocycles. The molecule has 0 aliphatic rings. The first-order valence-corrected chi connectivity index (χ1v) is 6.94. The Morgan fingerprint density at radius 1 is 1.00 bits per heavy atom. The monoisotopic (exact) mass is 267 g/mol. The van der Waals surface area contributed by atoms with Crippen molar-refractivity contribution in [2.45, 2.75) is 6.42 Å². The molecular formula is C18H21NO. The predicted molar refractivity (Wildman–Crippen MR) is 85.0 cm³/mol. The molecule has 0 fully saturated rings. The number of benzene rings is 2. The standard InChI is InChI=1S/C18H21NO/c1-20-18-11-9-17(10-12-18)13-15-19-14-5-8-16-6-3-2-4-7-16/h2-12,19H,13-15H2,1H3/b8-5-. The van der Waals surface area contributed by atoms with Crippen molar-refractivity contribution >= 4 is 6.08 Å². The van der Waals surface area contributed by atoms with Gasteiger partial charge in [-0.2, -0.15) is 0 Å². The van der Waals surface area contributed by atoms with E-state index in [4.69, 9.17) is 4.74 Å². The summed E-state index contributed by atoms with van der Waals surface area (Å²) in [5.41, 5.74) is 2.56. The van der Waals surface area contributed by atoms with Crippen molar-refractivity contribution in [2.75, 3.05) is 20.2 Å². The summed E-state index contributed by atoms with van der Waals surface area (Å²) in [5, 5.41) is 3.41. The van der Waals surface area contributed by atoms with Crippen molar-refractivity contribution < 1.29 is 4.74 Å². The maximum atomic E-state index is 5.14. The molecule has 0 aliphatic heterocycles. The van der Waals surface area contributed by atoms with Gasteiger partial charge in [0, 0.05) is 6.54 Å². The van der Waals surface area contributed by atoms with Crippen LogP contribution in [0.2, 0.25) is 0 Å². The van der Waals surface area contributed by atoms with Gasteiger partial charge in [-0.25, -0.2) is 0 Å². The molecular weight excluding hydrogens is 246 g/mol. The van der Waals surface area contributed by atoms with Crippen LogP contribution in [0, 0.1) is 0 Å². The number of hydrogen-bond donors (Lipinski definition) is 1. The van der Waals surface area contributed by atoms with Crippen LogP contribution < -0.4 is 10.1 Å². The van der Waals surface area contributed by atoms with Crippen LogP contribution in [0.15, 0.2) is 60.7 Å². The number of hydrogen-bond acceptors (Lipinski definition) is 2. The molecule has 2 rings (SSSR count). The minimum Gasteiger partial charge on any atom is -0.497 e. The predicted octanol–water partition coefficient (Wildman–Crippen LogP) is 3.54. The van der Waals surface area contributed by atoms with Gasteiger partial charge in [-0.15, -0.1) is 0 Å². The highest BCUT2D eigenvalue weighted by Gasteiger charge is 1.93. The molecule has 0 unspecified atom stereocenters. The SMILES string of the molecule is COc1ccc(CCNC/C=C\c2ccccc2)cc1. The highest BCUT2D eigenvalue weighted by Crippen LogP contribution is 2.11. The second-order valence-electron chi connectivity index (χ2n) is 4.62. The number of ether oxygens (including phenoxy) is 1. The first kappa shape index (κ1) is 14.4. The lowest BCUT2D eigenvalue weighted by molar-refractivity contribution is 0.414. The van der Waals surface area contributed by atoms with Gasteiger partial charge in [0.2, 0.25) is 0 Å². The van der Waals surface area contributed by atoms with E-state index in [1.54, 1.807) is 7.11 Å². The lowest BCUT2D eigenvalue weighted by Crippen LogP contribution is -2.16. The highest BCUT2D eigenvalue weighted by atomic mass is 16.5. The van der Waals surface area contributed by atoms with E-state index in [-0.39, 0.29) is 0 Å².